The van der Waals surface area contributed by atoms with E-state index in [2.05, 4.69) is 5.32 Å². The summed E-state index contributed by atoms with van der Waals surface area (Å²) in [5, 5.41) is 3.06. The molecule has 1 N–H and O–H groups in total. The molecule has 3 nitrogen and oxygen atoms in total. The standard InChI is InChI=1S/C17H15F3N2O/c1-11-6-2-3-7-12(11)15-21-14-9-5-4-8-13(14)16(23)22(15)10-17(18,19)20/h2-9,15,21H,10H2,1H3/t15-/m1/s1. The maximum absolute atomic E-state index is 13.0. The van der Waals surface area contributed by atoms with Crippen molar-refractivity contribution in [3.05, 3.63) is 65.2 Å². The number of benzene rings is 2. The minimum absolute atomic E-state index is 0.251. The van der Waals surface area contributed by atoms with Crippen molar-refractivity contribution in [2.24, 2.45) is 0 Å². The van der Waals surface area contributed by atoms with Gasteiger partial charge in [0.15, 0.2) is 0 Å². The molecular formula is C17H15F3N2O. The van der Waals surface area contributed by atoms with Crippen molar-refractivity contribution < 1.29 is 18.0 Å². The summed E-state index contributed by atoms with van der Waals surface area (Å²) in [5.74, 6) is -0.620. The minimum atomic E-state index is -4.47. The van der Waals surface area contributed by atoms with Crippen LogP contribution in [0.4, 0.5) is 18.9 Å². The largest absolute Gasteiger partial charge is 0.406 e. The number of fused-ring (bicyclic) bond motifs is 1. The van der Waals surface area contributed by atoms with Gasteiger partial charge in [0.1, 0.15) is 12.7 Å². The highest BCUT2D eigenvalue weighted by Gasteiger charge is 2.40. The van der Waals surface area contributed by atoms with Crippen LogP contribution < -0.4 is 5.32 Å². The van der Waals surface area contributed by atoms with Gasteiger partial charge in [-0.1, -0.05) is 36.4 Å². The fraction of sp³-hybridized carbons (Fsp3) is 0.235. The third kappa shape index (κ3) is 3.02. The molecule has 0 aromatic heterocycles. The van der Waals surface area contributed by atoms with Crippen LogP contribution in [0, 0.1) is 6.92 Å². The van der Waals surface area contributed by atoms with Gasteiger partial charge in [-0.2, -0.15) is 13.2 Å². The Labute approximate surface area is 131 Å². The third-order valence-corrected chi connectivity index (χ3v) is 3.85. The van der Waals surface area contributed by atoms with Gasteiger partial charge in [0.05, 0.1) is 5.56 Å². The molecule has 2 aromatic rings. The zero-order chi connectivity index (χ0) is 16.6. The molecule has 0 saturated heterocycles. The van der Waals surface area contributed by atoms with E-state index in [1.54, 1.807) is 30.3 Å². The lowest BCUT2D eigenvalue weighted by Gasteiger charge is -2.39. The Morgan fingerprint density at radius 1 is 1.09 bits per heavy atom. The molecule has 3 rings (SSSR count). The van der Waals surface area contributed by atoms with Crippen molar-refractivity contribution in [3.63, 3.8) is 0 Å². The first kappa shape index (κ1) is 15.4. The van der Waals surface area contributed by atoms with Gasteiger partial charge in [-0.15, -0.1) is 0 Å². The Bertz CT molecular complexity index is 743. The second-order valence-corrected chi connectivity index (χ2v) is 5.50. The summed E-state index contributed by atoms with van der Waals surface area (Å²) in [7, 11) is 0. The van der Waals surface area contributed by atoms with Gasteiger partial charge < -0.3 is 10.2 Å². The quantitative estimate of drug-likeness (QED) is 0.902. The van der Waals surface area contributed by atoms with Crippen LogP contribution in [0.5, 0.6) is 0 Å². The summed E-state index contributed by atoms with van der Waals surface area (Å²) >= 11 is 0. The number of amides is 1. The number of carbonyl (C=O) groups excluding carboxylic acids is 1. The molecule has 0 fully saturated rings. The summed E-state index contributed by atoms with van der Waals surface area (Å²) in [6, 6.07) is 13.7. The number of anilines is 1. The number of carbonyl (C=O) groups is 1. The van der Waals surface area contributed by atoms with Crippen molar-refractivity contribution in [2.45, 2.75) is 19.3 Å². The number of rotatable bonds is 2. The molecule has 2 aromatic carbocycles. The van der Waals surface area contributed by atoms with Gasteiger partial charge in [0.25, 0.3) is 5.91 Å². The van der Waals surface area contributed by atoms with E-state index in [4.69, 9.17) is 0 Å². The van der Waals surface area contributed by atoms with Gasteiger partial charge in [-0.05, 0) is 30.2 Å². The zero-order valence-electron chi connectivity index (χ0n) is 12.4. The average molecular weight is 320 g/mol. The molecule has 1 aliphatic heterocycles. The van der Waals surface area contributed by atoms with E-state index in [-0.39, 0.29) is 5.56 Å². The molecular weight excluding hydrogens is 305 g/mol. The molecule has 0 radical (unpaired) electrons. The normalized spacial score (nSPS) is 17.7. The first-order chi connectivity index (χ1) is 10.9. The van der Waals surface area contributed by atoms with Gasteiger partial charge in [-0.3, -0.25) is 4.79 Å². The van der Waals surface area contributed by atoms with Gasteiger partial charge in [-0.25, -0.2) is 0 Å². The molecule has 23 heavy (non-hydrogen) atoms. The molecule has 1 amide bonds. The second-order valence-electron chi connectivity index (χ2n) is 5.50. The van der Waals surface area contributed by atoms with Gasteiger partial charge >= 0.3 is 6.18 Å². The molecule has 1 atom stereocenters. The molecule has 1 aliphatic rings. The Morgan fingerprint density at radius 3 is 2.43 bits per heavy atom. The molecule has 0 bridgehead atoms. The Morgan fingerprint density at radius 2 is 1.74 bits per heavy atom. The Balaban J connectivity index is 2.08. The predicted molar refractivity (Wildman–Crippen MR) is 81.1 cm³/mol. The zero-order valence-corrected chi connectivity index (χ0v) is 12.4. The fourth-order valence-electron chi connectivity index (χ4n) is 2.79. The SMILES string of the molecule is Cc1ccccc1[C@@H]1Nc2ccccc2C(=O)N1CC(F)(F)F. The molecule has 0 saturated carbocycles. The highest BCUT2D eigenvalue weighted by Crippen LogP contribution is 2.35. The summed E-state index contributed by atoms with van der Waals surface area (Å²) in [4.78, 5) is 13.4. The average Bonchev–Trinajstić information content (AvgIpc) is 2.50. The van der Waals surface area contributed by atoms with Crippen LogP contribution in [0.1, 0.15) is 27.7 Å². The van der Waals surface area contributed by atoms with Crippen molar-refractivity contribution in [1.29, 1.82) is 0 Å². The smallest absolute Gasteiger partial charge is 0.361 e. The fourth-order valence-corrected chi connectivity index (χ4v) is 2.79. The molecule has 120 valence electrons. The van der Waals surface area contributed by atoms with Crippen LogP contribution in [0.2, 0.25) is 0 Å². The van der Waals surface area contributed by atoms with Crippen molar-refractivity contribution in [1.82, 2.24) is 4.90 Å². The summed E-state index contributed by atoms with van der Waals surface area (Å²) in [5.41, 5.74) is 2.27. The monoisotopic (exact) mass is 320 g/mol. The van der Waals surface area contributed by atoms with Crippen molar-refractivity contribution in [2.75, 3.05) is 11.9 Å². The van der Waals surface area contributed by atoms with Gasteiger partial charge in [0.2, 0.25) is 0 Å². The van der Waals surface area contributed by atoms with Crippen molar-refractivity contribution in [3.8, 4) is 0 Å². The first-order valence-electron chi connectivity index (χ1n) is 7.15. The summed E-state index contributed by atoms with van der Waals surface area (Å²) < 4.78 is 38.9. The molecule has 1 heterocycles. The minimum Gasteiger partial charge on any atom is -0.361 e. The topological polar surface area (TPSA) is 32.3 Å². The van der Waals surface area contributed by atoms with E-state index in [1.165, 1.54) is 6.07 Å². The number of hydrogen-bond donors (Lipinski definition) is 1. The number of hydrogen-bond acceptors (Lipinski definition) is 2. The first-order valence-corrected chi connectivity index (χ1v) is 7.15. The van der Waals surface area contributed by atoms with Crippen LogP contribution in [-0.4, -0.2) is 23.5 Å². The number of para-hydroxylation sites is 1. The summed E-state index contributed by atoms with van der Waals surface area (Å²) in [6.07, 6.45) is -5.31. The highest BCUT2D eigenvalue weighted by molar-refractivity contribution is 6.01. The summed E-state index contributed by atoms with van der Waals surface area (Å²) in [6.45, 7) is 0.514. The maximum Gasteiger partial charge on any atom is 0.406 e. The molecule has 0 unspecified atom stereocenters. The van der Waals surface area contributed by atoms with Crippen LogP contribution in [0.3, 0.4) is 0 Å². The van der Waals surface area contributed by atoms with Gasteiger partial charge in [0, 0.05) is 5.69 Å². The molecule has 6 heteroatoms. The Hall–Kier alpha value is -2.50. The third-order valence-electron chi connectivity index (χ3n) is 3.85. The highest BCUT2D eigenvalue weighted by atomic mass is 19.4. The lowest BCUT2D eigenvalue weighted by molar-refractivity contribution is -0.144. The van der Waals surface area contributed by atoms with Crippen molar-refractivity contribution >= 4 is 11.6 Å². The second kappa shape index (κ2) is 5.61. The maximum atomic E-state index is 13.0. The number of alkyl halides is 3. The molecule has 0 aliphatic carbocycles. The van der Waals surface area contributed by atoms with E-state index in [0.717, 1.165) is 10.5 Å². The van der Waals surface area contributed by atoms with Crippen LogP contribution in [0.25, 0.3) is 0 Å². The van der Waals surface area contributed by atoms with E-state index in [0.29, 0.717) is 11.3 Å². The van der Waals surface area contributed by atoms with E-state index in [9.17, 15) is 18.0 Å². The van der Waals surface area contributed by atoms with Crippen LogP contribution >= 0.6 is 0 Å². The lowest BCUT2D eigenvalue weighted by atomic mass is 10.0. The number of nitrogens with one attached hydrogen (secondary N) is 1. The van der Waals surface area contributed by atoms with E-state index < -0.39 is 24.8 Å². The van der Waals surface area contributed by atoms with E-state index in [1.807, 2.05) is 19.1 Å². The number of halogens is 3. The lowest BCUT2D eigenvalue weighted by Crippen LogP contribution is -2.47. The van der Waals surface area contributed by atoms with E-state index >= 15 is 0 Å². The molecule has 0 spiro atoms. The predicted octanol–water partition coefficient (Wildman–Crippen LogP) is 4.12. The number of aryl methyl sites for hydroxylation is 1. The Kier molecular flexibility index (Phi) is 3.75. The van der Waals surface area contributed by atoms with Crippen LogP contribution in [-0.2, 0) is 0 Å². The van der Waals surface area contributed by atoms with Crippen LogP contribution in [0.15, 0.2) is 48.5 Å². The number of nitrogens with zero attached hydrogens (tertiary/aromatic N) is 1.